The molecule has 2 aromatic rings. The van der Waals surface area contributed by atoms with Crippen LogP contribution in [0.4, 0.5) is 0 Å². The first-order valence-corrected chi connectivity index (χ1v) is 15.6. The zero-order chi connectivity index (χ0) is 29.4. The average molecular weight is 586 g/mol. The smallest absolute Gasteiger partial charge is 0.276 e. The molecular formula is C30H43N5O5S. The van der Waals surface area contributed by atoms with Gasteiger partial charge in [-0.1, -0.05) is 64.4 Å². The van der Waals surface area contributed by atoms with Crippen molar-refractivity contribution in [3.63, 3.8) is 0 Å². The van der Waals surface area contributed by atoms with Crippen molar-refractivity contribution in [2.75, 3.05) is 26.3 Å². The van der Waals surface area contributed by atoms with Crippen molar-refractivity contribution in [3.8, 4) is 0 Å². The van der Waals surface area contributed by atoms with E-state index in [-0.39, 0.29) is 34.9 Å². The van der Waals surface area contributed by atoms with Crippen LogP contribution in [0.3, 0.4) is 0 Å². The zero-order valence-electron chi connectivity index (χ0n) is 24.6. The third kappa shape index (κ3) is 9.11. The van der Waals surface area contributed by atoms with E-state index in [1.54, 1.807) is 6.07 Å². The summed E-state index contributed by atoms with van der Waals surface area (Å²) in [6, 6.07) is 7.28. The Morgan fingerprint density at radius 2 is 1.83 bits per heavy atom. The van der Waals surface area contributed by atoms with Gasteiger partial charge in [-0.3, -0.25) is 24.6 Å². The second-order valence-corrected chi connectivity index (χ2v) is 13.2. The number of morpholine rings is 1. The minimum atomic E-state index is -0.723. The topological polar surface area (TPSA) is 127 Å². The lowest BCUT2D eigenvalue weighted by Gasteiger charge is -2.31. The summed E-state index contributed by atoms with van der Waals surface area (Å²) >= 11 is 1.43. The number of carbonyl (C=O) groups excluding carboxylic acids is 3. The van der Waals surface area contributed by atoms with Crippen LogP contribution in [0.2, 0.25) is 0 Å². The minimum absolute atomic E-state index is 0.176. The molecular weight excluding hydrogens is 542 g/mol. The van der Waals surface area contributed by atoms with E-state index < -0.39 is 17.7 Å². The van der Waals surface area contributed by atoms with Crippen molar-refractivity contribution in [1.29, 1.82) is 0 Å². The van der Waals surface area contributed by atoms with Gasteiger partial charge < -0.3 is 14.5 Å². The number of carbonyl (C=O) groups is 3. The number of aromatic nitrogens is 2. The second kappa shape index (κ2) is 14.9. The summed E-state index contributed by atoms with van der Waals surface area (Å²) in [6.45, 7) is 12.0. The standard InChI is InChI=1S/C30H43N5O5S/c1-19(2)16-24(29-33-34-30(40-29)41-20(3)4)28(38)32-27(37)23-10-5-6-11-25(23)31-26(36)22-9-7-8-21(17-22)18-35-12-14-39-15-13-35/h7-9,17,19-20,23-25H,5-6,10-16,18H2,1-4H3,(H,31,36)(H,32,37,38)/t23-,24-,25+/m1/s1. The molecule has 4 rings (SSSR count). The number of nitrogens with one attached hydrogen (secondary N) is 2. The van der Waals surface area contributed by atoms with E-state index in [2.05, 4.69) is 25.7 Å². The average Bonchev–Trinajstić information content (AvgIpc) is 3.40. The van der Waals surface area contributed by atoms with E-state index in [0.717, 1.165) is 51.3 Å². The molecule has 2 aliphatic rings. The van der Waals surface area contributed by atoms with Crippen LogP contribution in [0, 0.1) is 11.8 Å². The first kappa shape index (κ1) is 31.2. The van der Waals surface area contributed by atoms with Gasteiger partial charge >= 0.3 is 0 Å². The summed E-state index contributed by atoms with van der Waals surface area (Å²) in [5, 5.41) is 14.6. The third-order valence-electron chi connectivity index (χ3n) is 7.44. The predicted molar refractivity (Wildman–Crippen MR) is 156 cm³/mol. The van der Waals surface area contributed by atoms with E-state index in [9.17, 15) is 14.4 Å². The van der Waals surface area contributed by atoms with Crippen molar-refractivity contribution < 1.29 is 23.5 Å². The van der Waals surface area contributed by atoms with Gasteiger partial charge in [0.15, 0.2) is 0 Å². The molecule has 0 bridgehead atoms. The highest BCUT2D eigenvalue weighted by molar-refractivity contribution is 7.99. The van der Waals surface area contributed by atoms with Crippen molar-refractivity contribution in [1.82, 2.24) is 25.7 Å². The Labute approximate surface area is 246 Å². The monoisotopic (exact) mass is 585 g/mol. The molecule has 10 nitrogen and oxygen atoms in total. The van der Waals surface area contributed by atoms with Gasteiger partial charge in [0.25, 0.3) is 11.1 Å². The number of amides is 3. The quantitative estimate of drug-likeness (QED) is 0.374. The van der Waals surface area contributed by atoms with Crippen molar-refractivity contribution in [2.45, 2.75) is 88.8 Å². The fourth-order valence-electron chi connectivity index (χ4n) is 5.40. The van der Waals surface area contributed by atoms with E-state index in [1.807, 2.05) is 45.9 Å². The van der Waals surface area contributed by atoms with Crippen molar-refractivity contribution >= 4 is 29.5 Å². The highest BCUT2D eigenvalue weighted by Crippen LogP contribution is 2.29. The summed E-state index contributed by atoms with van der Waals surface area (Å²) in [5.74, 6) is -1.84. The molecule has 224 valence electrons. The first-order valence-electron chi connectivity index (χ1n) is 14.7. The Morgan fingerprint density at radius 1 is 1.07 bits per heavy atom. The lowest BCUT2D eigenvalue weighted by Crippen LogP contribution is -2.50. The van der Waals surface area contributed by atoms with Gasteiger partial charge in [0.2, 0.25) is 17.7 Å². The fraction of sp³-hybridized carbons (Fsp3) is 0.633. The molecule has 2 fully saturated rings. The van der Waals surface area contributed by atoms with E-state index in [1.165, 1.54) is 11.8 Å². The van der Waals surface area contributed by atoms with Gasteiger partial charge in [-0.25, -0.2) is 0 Å². The Hall–Kier alpha value is -2.76. The lowest BCUT2D eigenvalue weighted by molar-refractivity contribution is -0.135. The van der Waals surface area contributed by atoms with Crippen molar-refractivity contribution in [3.05, 3.63) is 41.3 Å². The molecule has 2 heterocycles. The van der Waals surface area contributed by atoms with Crippen molar-refractivity contribution in [2.24, 2.45) is 11.8 Å². The number of hydrogen-bond acceptors (Lipinski definition) is 9. The fourth-order valence-corrected chi connectivity index (χ4v) is 6.03. The number of thioether (sulfide) groups is 1. The van der Waals surface area contributed by atoms with Gasteiger partial charge in [-0.2, -0.15) is 0 Å². The number of rotatable bonds is 11. The normalized spacial score (nSPS) is 20.6. The van der Waals surface area contributed by atoms with E-state index in [0.29, 0.717) is 30.0 Å². The van der Waals surface area contributed by atoms with Crippen LogP contribution in [0.1, 0.15) is 87.5 Å². The summed E-state index contributed by atoms with van der Waals surface area (Å²) in [7, 11) is 0. The van der Waals surface area contributed by atoms with Crippen LogP contribution in [0.25, 0.3) is 0 Å². The minimum Gasteiger partial charge on any atom is -0.415 e. The number of benzene rings is 1. The summed E-state index contributed by atoms with van der Waals surface area (Å²) in [6.07, 6.45) is 3.53. The Kier molecular flexibility index (Phi) is 11.4. The molecule has 1 aromatic heterocycles. The Morgan fingerprint density at radius 3 is 2.56 bits per heavy atom. The Balaban J connectivity index is 1.40. The van der Waals surface area contributed by atoms with Crippen LogP contribution in [-0.4, -0.2) is 70.4 Å². The molecule has 1 aliphatic heterocycles. The highest BCUT2D eigenvalue weighted by atomic mass is 32.2. The number of ether oxygens (including phenoxy) is 1. The first-order chi connectivity index (χ1) is 19.7. The molecule has 3 atom stereocenters. The molecule has 0 unspecified atom stereocenters. The largest absolute Gasteiger partial charge is 0.415 e. The molecule has 0 spiro atoms. The SMILES string of the molecule is CC(C)C[C@H](C(=O)NC(=O)[C@@H]1CCCC[C@@H]1NC(=O)c1cccc(CN2CCOCC2)c1)c1nnc(SC(C)C)o1. The third-order valence-corrected chi connectivity index (χ3v) is 8.28. The number of hydrogen-bond donors (Lipinski definition) is 2. The van der Waals surface area contributed by atoms with Crippen LogP contribution in [0.15, 0.2) is 33.9 Å². The van der Waals surface area contributed by atoms with E-state index >= 15 is 0 Å². The molecule has 1 aliphatic carbocycles. The number of imide groups is 1. The summed E-state index contributed by atoms with van der Waals surface area (Å²) in [4.78, 5) is 42.3. The molecule has 1 saturated carbocycles. The van der Waals surface area contributed by atoms with Crippen LogP contribution >= 0.6 is 11.8 Å². The molecule has 3 amide bonds. The predicted octanol–water partition coefficient (Wildman–Crippen LogP) is 4.16. The summed E-state index contributed by atoms with van der Waals surface area (Å²) < 4.78 is 11.2. The molecule has 2 N–H and O–H groups in total. The highest BCUT2D eigenvalue weighted by Gasteiger charge is 2.36. The zero-order valence-corrected chi connectivity index (χ0v) is 25.4. The maximum absolute atomic E-state index is 13.4. The van der Waals surface area contributed by atoms with Crippen LogP contribution in [-0.2, 0) is 20.9 Å². The van der Waals surface area contributed by atoms with Crippen LogP contribution < -0.4 is 10.6 Å². The molecule has 1 aromatic carbocycles. The van der Waals surface area contributed by atoms with Gasteiger partial charge in [0.1, 0.15) is 5.92 Å². The van der Waals surface area contributed by atoms with Gasteiger partial charge in [0.05, 0.1) is 19.1 Å². The molecule has 41 heavy (non-hydrogen) atoms. The van der Waals surface area contributed by atoms with Crippen LogP contribution in [0.5, 0.6) is 0 Å². The molecule has 11 heteroatoms. The second-order valence-electron chi connectivity index (χ2n) is 11.7. The lowest BCUT2D eigenvalue weighted by atomic mass is 9.83. The molecule has 0 radical (unpaired) electrons. The number of nitrogens with zero attached hydrogens (tertiary/aromatic N) is 3. The van der Waals surface area contributed by atoms with Gasteiger partial charge in [0, 0.05) is 36.5 Å². The maximum Gasteiger partial charge on any atom is 0.276 e. The van der Waals surface area contributed by atoms with E-state index in [4.69, 9.17) is 9.15 Å². The Bertz CT molecular complexity index is 1180. The summed E-state index contributed by atoms with van der Waals surface area (Å²) in [5.41, 5.74) is 1.63. The maximum atomic E-state index is 13.4. The van der Waals surface area contributed by atoms with Gasteiger partial charge in [-0.15, -0.1) is 10.2 Å². The molecule has 1 saturated heterocycles. The van der Waals surface area contributed by atoms with Gasteiger partial charge in [-0.05, 0) is 42.9 Å².